The minimum atomic E-state index is 0.00513. The lowest BCUT2D eigenvalue weighted by Crippen LogP contribution is -2.44. The highest BCUT2D eigenvalue weighted by atomic mass is 16.2. The average Bonchev–Trinajstić information content (AvgIpc) is 2.52. The van der Waals surface area contributed by atoms with Crippen LogP contribution in [0.3, 0.4) is 0 Å². The number of aryl methyl sites for hydroxylation is 2. The van der Waals surface area contributed by atoms with Gasteiger partial charge in [-0.2, -0.15) is 0 Å². The summed E-state index contributed by atoms with van der Waals surface area (Å²) in [6, 6.07) is 6.11. The molecule has 0 atom stereocenters. The van der Waals surface area contributed by atoms with Gasteiger partial charge in [-0.05, 0) is 71.7 Å². The van der Waals surface area contributed by atoms with Gasteiger partial charge in [-0.3, -0.25) is 14.5 Å². The smallest absolute Gasteiger partial charge is 0.251 e. The van der Waals surface area contributed by atoms with Crippen LogP contribution >= 0.6 is 0 Å². The van der Waals surface area contributed by atoms with E-state index >= 15 is 0 Å². The van der Waals surface area contributed by atoms with Crippen molar-refractivity contribution < 1.29 is 9.59 Å². The Kier molecular flexibility index (Phi) is 7.00. The van der Waals surface area contributed by atoms with Crippen molar-refractivity contribution in [1.29, 1.82) is 0 Å². The Morgan fingerprint density at radius 3 is 2.28 bits per heavy atom. The summed E-state index contributed by atoms with van der Waals surface area (Å²) < 4.78 is 0. The second-order valence-electron chi connectivity index (χ2n) is 7.53. The van der Waals surface area contributed by atoms with Gasteiger partial charge >= 0.3 is 0 Å². The Bertz CT molecular complexity index is 585. The number of rotatable bonds is 6. The SMILES string of the molecule is Cc1cc(C)cc(C(=O)NCC2CCN(CC(=O)NC(C)C)CC2)c1. The molecule has 2 rings (SSSR count). The maximum absolute atomic E-state index is 12.3. The number of piperidine rings is 1. The molecule has 1 aromatic rings. The molecule has 0 aliphatic carbocycles. The Morgan fingerprint density at radius 2 is 1.72 bits per heavy atom. The first kappa shape index (κ1) is 19.4. The van der Waals surface area contributed by atoms with E-state index in [0.717, 1.165) is 42.6 Å². The number of hydrogen-bond acceptors (Lipinski definition) is 3. The Morgan fingerprint density at radius 1 is 1.12 bits per heavy atom. The van der Waals surface area contributed by atoms with Gasteiger partial charge in [-0.25, -0.2) is 0 Å². The number of benzene rings is 1. The van der Waals surface area contributed by atoms with Gasteiger partial charge in [0.25, 0.3) is 5.91 Å². The third-order valence-corrected chi connectivity index (χ3v) is 4.56. The highest BCUT2D eigenvalue weighted by Gasteiger charge is 2.21. The van der Waals surface area contributed by atoms with E-state index < -0.39 is 0 Å². The standard InChI is InChI=1S/C20H31N3O2/c1-14(2)22-19(24)13-23-7-5-17(6-8-23)12-21-20(25)18-10-15(3)9-16(4)11-18/h9-11,14,17H,5-8,12-13H2,1-4H3,(H,21,25)(H,22,24). The zero-order chi connectivity index (χ0) is 18.4. The zero-order valence-electron chi connectivity index (χ0n) is 15.9. The molecule has 1 aliphatic heterocycles. The van der Waals surface area contributed by atoms with Crippen molar-refractivity contribution in [1.82, 2.24) is 15.5 Å². The summed E-state index contributed by atoms with van der Waals surface area (Å²) in [5.74, 6) is 0.585. The summed E-state index contributed by atoms with van der Waals surface area (Å²) >= 11 is 0. The first-order chi connectivity index (χ1) is 11.8. The fourth-order valence-corrected chi connectivity index (χ4v) is 3.36. The van der Waals surface area contributed by atoms with Gasteiger partial charge < -0.3 is 10.6 Å². The van der Waals surface area contributed by atoms with Gasteiger partial charge in [0.05, 0.1) is 6.54 Å². The van der Waals surface area contributed by atoms with Crippen LogP contribution in [0.25, 0.3) is 0 Å². The van der Waals surface area contributed by atoms with Crippen molar-refractivity contribution >= 4 is 11.8 Å². The molecule has 1 saturated heterocycles. The monoisotopic (exact) mass is 345 g/mol. The molecule has 0 bridgehead atoms. The largest absolute Gasteiger partial charge is 0.353 e. The maximum atomic E-state index is 12.3. The first-order valence-corrected chi connectivity index (χ1v) is 9.21. The van der Waals surface area contributed by atoms with Gasteiger partial charge in [0.15, 0.2) is 0 Å². The Labute approximate surface area is 151 Å². The molecular weight excluding hydrogens is 314 g/mol. The zero-order valence-corrected chi connectivity index (χ0v) is 15.9. The quantitative estimate of drug-likeness (QED) is 0.831. The molecule has 1 aliphatic rings. The normalized spacial score (nSPS) is 16.0. The van der Waals surface area contributed by atoms with Crippen molar-refractivity contribution in [3.63, 3.8) is 0 Å². The number of carbonyl (C=O) groups is 2. The number of nitrogens with one attached hydrogen (secondary N) is 2. The predicted octanol–water partition coefficient (Wildman–Crippen LogP) is 2.27. The van der Waals surface area contributed by atoms with Crippen molar-refractivity contribution in [2.75, 3.05) is 26.2 Å². The fourth-order valence-electron chi connectivity index (χ4n) is 3.36. The molecule has 2 amide bonds. The van der Waals surface area contributed by atoms with E-state index in [0.29, 0.717) is 19.0 Å². The van der Waals surface area contributed by atoms with Crippen molar-refractivity contribution in [3.8, 4) is 0 Å². The number of nitrogens with zero attached hydrogens (tertiary/aromatic N) is 1. The van der Waals surface area contributed by atoms with Crippen molar-refractivity contribution in [3.05, 3.63) is 34.9 Å². The average molecular weight is 345 g/mol. The molecule has 5 heteroatoms. The van der Waals surface area contributed by atoms with Crippen LogP contribution in [0.2, 0.25) is 0 Å². The van der Waals surface area contributed by atoms with Crippen LogP contribution in [0, 0.1) is 19.8 Å². The van der Waals surface area contributed by atoms with Crippen LogP contribution in [0.4, 0.5) is 0 Å². The summed E-state index contributed by atoms with van der Waals surface area (Å²) in [7, 11) is 0. The molecule has 0 radical (unpaired) electrons. The van der Waals surface area contributed by atoms with Gasteiger partial charge in [-0.1, -0.05) is 17.2 Å². The fraction of sp³-hybridized carbons (Fsp3) is 0.600. The van der Waals surface area contributed by atoms with Crippen LogP contribution < -0.4 is 10.6 Å². The lowest BCUT2D eigenvalue weighted by atomic mass is 9.96. The van der Waals surface area contributed by atoms with Gasteiger partial charge in [-0.15, -0.1) is 0 Å². The van der Waals surface area contributed by atoms with Crippen molar-refractivity contribution in [2.24, 2.45) is 5.92 Å². The Hall–Kier alpha value is -1.88. The molecule has 0 unspecified atom stereocenters. The number of amides is 2. The molecule has 5 nitrogen and oxygen atoms in total. The van der Waals surface area contributed by atoms with Crippen LogP contribution in [0.15, 0.2) is 18.2 Å². The van der Waals surface area contributed by atoms with Crippen LogP contribution in [0.5, 0.6) is 0 Å². The molecule has 2 N–H and O–H groups in total. The van der Waals surface area contributed by atoms with E-state index in [2.05, 4.69) is 21.6 Å². The highest BCUT2D eigenvalue weighted by molar-refractivity contribution is 5.94. The number of hydrogen-bond donors (Lipinski definition) is 2. The minimum Gasteiger partial charge on any atom is -0.353 e. The molecule has 0 saturated carbocycles. The topological polar surface area (TPSA) is 61.4 Å². The molecule has 25 heavy (non-hydrogen) atoms. The first-order valence-electron chi connectivity index (χ1n) is 9.21. The summed E-state index contributed by atoms with van der Waals surface area (Å²) in [6.07, 6.45) is 2.03. The van der Waals surface area contributed by atoms with E-state index in [9.17, 15) is 9.59 Å². The van der Waals surface area contributed by atoms with Gasteiger partial charge in [0.2, 0.25) is 5.91 Å². The van der Waals surface area contributed by atoms with Crippen LogP contribution in [-0.4, -0.2) is 48.9 Å². The lowest BCUT2D eigenvalue weighted by Gasteiger charge is -2.31. The summed E-state index contributed by atoms with van der Waals surface area (Å²) in [5, 5.41) is 6.00. The third-order valence-electron chi connectivity index (χ3n) is 4.56. The van der Waals surface area contributed by atoms with E-state index in [-0.39, 0.29) is 17.9 Å². The van der Waals surface area contributed by atoms with E-state index in [4.69, 9.17) is 0 Å². The van der Waals surface area contributed by atoms with E-state index in [1.54, 1.807) is 0 Å². The predicted molar refractivity (Wildman–Crippen MR) is 101 cm³/mol. The molecule has 1 heterocycles. The van der Waals surface area contributed by atoms with E-state index in [1.165, 1.54) is 0 Å². The number of carbonyl (C=O) groups excluding carboxylic acids is 2. The second kappa shape index (κ2) is 8.99. The molecule has 138 valence electrons. The van der Waals surface area contributed by atoms with Crippen molar-refractivity contribution in [2.45, 2.75) is 46.6 Å². The van der Waals surface area contributed by atoms with Gasteiger partial charge in [0, 0.05) is 18.2 Å². The third kappa shape index (κ3) is 6.50. The number of likely N-dealkylation sites (tertiary alicyclic amines) is 1. The molecular formula is C20H31N3O2. The Balaban J connectivity index is 1.73. The molecule has 0 aromatic heterocycles. The van der Waals surface area contributed by atoms with Crippen LogP contribution in [-0.2, 0) is 4.79 Å². The molecule has 1 fully saturated rings. The molecule has 1 aromatic carbocycles. The summed E-state index contributed by atoms with van der Waals surface area (Å²) in [6.45, 7) is 11.0. The second-order valence-corrected chi connectivity index (χ2v) is 7.53. The summed E-state index contributed by atoms with van der Waals surface area (Å²) in [5.41, 5.74) is 2.96. The lowest BCUT2D eigenvalue weighted by molar-refractivity contribution is -0.123. The minimum absolute atomic E-state index is 0.00513. The maximum Gasteiger partial charge on any atom is 0.251 e. The molecule has 0 spiro atoms. The van der Waals surface area contributed by atoms with Crippen LogP contribution in [0.1, 0.15) is 48.2 Å². The van der Waals surface area contributed by atoms with E-state index in [1.807, 2.05) is 39.8 Å². The highest BCUT2D eigenvalue weighted by Crippen LogP contribution is 2.16. The summed E-state index contributed by atoms with van der Waals surface area (Å²) in [4.78, 5) is 26.3. The van der Waals surface area contributed by atoms with Gasteiger partial charge in [0.1, 0.15) is 0 Å².